The first kappa shape index (κ1) is 20.3. The molecule has 27 heavy (non-hydrogen) atoms. The van der Waals surface area contributed by atoms with Crippen LogP contribution in [0.15, 0.2) is 36.4 Å². The van der Waals surface area contributed by atoms with Crippen LogP contribution >= 0.6 is 11.6 Å². The van der Waals surface area contributed by atoms with Crippen molar-refractivity contribution < 1.29 is 31.9 Å². The molecule has 2 rings (SSSR count). The van der Waals surface area contributed by atoms with Gasteiger partial charge in [-0.15, -0.1) is 0 Å². The molecule has 0 saturated heterocycles. The fourth-order valence-electron chi connectivity index (χ4n) is 1.89. The van der Waals surface area contributed by atoms with Gasteiger partial charge in [-0.3, -0.25) is 4.79 Å². The maximum atomic E-state index is 13.0. The van der Waals surface area contributed by atoms with Crippen molar-refractivity contribution in [3.05, 3.63) is 53.1 Å². The molecule has 11 heteroatoms. The Balaban J connectivity index is 1.84. The van der Waals surface area contributed by atoms with Crippen LogP contribution in [0.4, 0.5) is 33.7 Å². The highest BCUT2D eigenvalue weighted by atomic mass is 35.5. The van der Waals surface area contributed by atoms with Gasteiger partial charge >= 0.3 is 12.6 Å². The van der Waals surface area contributed by atoms with Gasteiger partial charge in [-0.05, 0) is 30.3 Å². The van der Waals surface area contributed by atoms with Crippen molar-refractivity contribution in [2.75, 3.05) is 17.2 Å². The van der Waals surface area contributed by atoms with Crippen molar-refractivity contribution in [1.82, 2.24) is 5.32 Å². The van der Waals surface area contributed by atoms with E-state index < -0.39 is 36.7 Å². The lowest BCUT2D eigenvalue weighted by Crippen LogP contribution is -2.35. The number of anilines is 2. The van der Waals surface area contributed by atoms with Crippen molar-refractivity contribution in [1.29, 1.82) is 0 Å². The zero-order chi connectivity index (χ0) is 20.0. The number of hydrogen-bond donors (Lipinski definition) is 3. The Bertz CT molecular complexity index is 852. The standard InChI is InChI=1S/C16H12ClF4N3O3/c17-10-5-8(2-4-13(10)27-15(20)21)24-16(26)22-7-14(25)23-9-1-3-11(18)12(19)6-9/h1-6,15H,7H2,(H,23,25)(H2,22,24,26). The second-order valence-corrected chi connectivity index (χ2v) is 5.42. The molecule has 0 bridgehead atoms. The van der Waals surface area contributed by atoms with Gasteiger partial charge in [0.25, 0.3) is 0 Å². The molecule has 0 atom stereocenters. The van der Waals surface area contributed by atoms with Crippen molar-refractivity contribution in [2.45, 2.75) is 6.61 Å². The number of carbonyl (C=O) groups is 2. The first-order valence-corrected chi connectivity index (χ1v) is 7.66. The Morgan fingerprint density at radius 2 is 1.67 bits per heavy atom. The van der Waals surface area contributed by atoms with E-state index in [1.54, 1.807) is 0 Å². The average molecular weight is 406 g/mol. The van der Waals surface area contributed by atoms with E-state index in [1.807, 2.05) is 0 Å². The predicted octanol–water partition coefficient (Wildman–Crippen LogP) is 3.98. The molecule has 0 unspecified atom stereocenters. The van der Waals surface area contributed by atoms with Crippen LogP contribution in [-0.2, 0) is 4.79 Å². The second kappa shape index (κ2) is 9.08. The third kappa shape index (κ3) is 6.33. The number of rotatable bonds is 6. The molecule has 0 aromatic heterocycles. The molecular weight excluding hydrogens is 394 g/mol. The van der Waals surface area contributed by atoms with Crippen molar-refractivity contribution >= 4 is 34.9 Å². The normalized spacial score (nSPS) is 10.4. The summed E-state index contributed by atoms with van der Waals surface area (Å²) >= 11 is 5.75. The summed E-state index contributed by atoms with van der Waals surface area (Å²) in [5, 5.41) is 6.67. The molecule has 0 radical (unpaired) electrons. The molecule has 0 aliphatic carbocycles. The van der Waals surface area contributed by atoms with Crippen LogP contribution in [0.3, 0.4) is 0 Å². The molecule has 0 fully saturated rings. The number of alkyl halides is 2. The molecule has 6 nitrogen and oxygen atoms in total. The fourth-order valence-corrected chi connectivity index (χ4v) is 2.11. The van der Waals surface area contributed by atoms with Crippen LogP contribution in [0, 0.1) is 11.6 Å². The molecule has 3 N–H and O–H groups in total. The van der Waals surface area contributed by atoms with E-state index in [0.29, 0.717) is 0 Å². The Labute approximate surface area is 155 Å². The highest BCUT2D eigenvalue weighted by molar-refractivity contribution is 6.32. The topological polar surface area (TPSA) is 79.5 Å². The zero-order valence-electron chi connectivity index (χ0n) is 13.4. The Kier molecular flexibility index (Phi) is 6.83. The number of amides is 3. The van der Waals surface area contributed by atoms with Gasteiger partial charge in [0.15, 0.2) is 11.6 Å². The van der Waals surface area contributed by atoms with E-state index in [1.165, 1.54) is 12.1 Å². The summed E-state index contributed by atoms with van der Waals surface area (Å²) in [5.74, 6) is -3.14. The van der Waals surface area contributed by atoms with Gasteiger partial charge in [0.2, 0.25) is 5.91 Å². The average Bonchev–Trinajstić information content (AvgIpc) is 2.58. The van der Waals surface area contributed by atoms with Crippen molar-refractivity contribution in [3.63, 3.8) is 0 Å². The Morgan fingerprint density at radius 1 is 1.00 bits per heavy atom. The molecule has 144 valence electrons. The van der Waals surface area contributed by atoms with E-state index in [0.717, 1.165) is 24.3 Å². The number of halogens is 5. The summed E-state index contributed by atoms with van der Waals surface area (Å²) < 4.78 is 54.3. The number of benzene rings is 2. The summed E-state index contributed by atoms with van der Waals surface area (Å²) in [6.45, 7) is -3.51. The van der Waals surface area contributed by atoms with Crippen LogP contribution in [0.25, 0.3) is 0 Å². The summed E-state index contributed by atoms with van der Waals surface area (Å²) in [6, 6.07) is 5.59. The van der Waals surface area contributed by atoms with Gasteiger partial charge in [0, 0.05) is 17.4 Å². The van der Waals surface area contributed by atoms with Gasteiger partial charge in [-0.1, -0.05) is 11.6 Å². The van der Waals surface area contributed by atoms with E-state index in [9.17, 15) is 27.2 Å². The highest BCUT2D eigenvalue weighted by Gasteiger charge is 2.11. The Morgan fingerprint density at radius 3 is 2.30 bits per heavy atom. The Hall–Kier alpha value is -3.01. The maximum Gasteiger partial charge on any atom is 0.387 e. The molecule has 0 spiro atoms. The number of carbonyl (C=O) groups excluding carboxylic acids is 2. The maximum absolute atomic E-state index is 13.0. The monoisotopic (exact) mass is 405 g/mol. The molecular formula is C16H12ClF4N3O3. The van der Waals surface area contributed by atoms with Crippen LogP contribution in [-0.4, -0.2) is 25.1 Å². The molecule has 0 aliphatic rings. The van der Waals surface area contributed by atoms with Crippen LogP contribution in [0.2, 0.25) is 5.02 Å². The fraction of sp³-hybridized carbons (Fsp3) is 0.125. The second-order valence-electron chi connectivity index (χ2n) is 5.01. The minimum Gasteiger partial charge on any atom is -0.433 e. The molecule has 0 aliphatic heterocycles. The van der Waals surface area contributed by atoms with Gasteiger partial charge in [0.05, 0.1) is 11.6 Å². The molecule has 2 aromatic carbocycles. The van der Waals surface area contributed by atoms with Gasteiger partial charge in [-0.2, -0.15) is 8.78 Å². The highest BCUT2D eigenvalue weighted by Crippen LogP contribution is 2.28. The summed E-state index contributed by atoms with van der Waals surface area (Å²) in [6.07, 6.45) is 0. The summed E-state index contributed by atoms with van der Waals surface area (Å²) in [5.41, 5.74) is 0.183. The van der Waals surface area contributed by atoms with E-state index in [2.05, 4.69) is 20.7 Å². The van der Waals surface area contributed by atoms with Crippen LogP contribution < -0.4 is 20.7 Å². The lowest BCUT2D eigenvalue weighted by atomic mass is 10.3. The third-order valence-electron chi connectivity index (χ3n) is 3.02. The molecule has 2 aromatic rings. The number of urea groups is 1. The van der Waals surface area contributed by atoms with E-state index >= 15 is 0 Å². The SMILES string of the molecule is O=C(CNC(=O)Nc1ccc(OC(F)F)c(Cl)c1)Nc1ccc(F)c(F)c1. The number of hydrogen-bond acceptors (Lipinski definition) is 3. The van der Waals surface area contributed by atoms with Crippen LogP contribution in [0.5, 0.6) is 5.75 Å². The molecule has 0 saturated carbocycles. The smallest absolute Gasteiger partial charge is 0.387 e. The lowest BCUT2D eigenvalue weighted by molar-refractivity contribution is -0.115. The van der Waals surface area contributed by atoms with E-state index in [4.69, 9.17) is 11.6 Å². The first-order valence-electron chi connectivity index (χ1n) is 7.28. The lowest BCUT2D eigenvalue weighted by Gasteiger charge is -2.11. The first-order chi connectivity index (χ1) is 12.7. The summed E-state index contributed by atoms with van der Waals surface area (Å²) in [4.78, 5) is 23.4. The zero-order valence-corrected chi connectivity index (χ0v) is 14.1. The van der Waals surface area contributed by atoms with Gasteiger partial charge < -0.3 is 20.7 Å². The third-order valence-corrected chi connectivity index (χ3v) is 3.31. The predicted molar refractivity (Wildman–Crippen MR) is 90.1 cm³/mol. The van der Waals surface area contributed by atoms with Crippen LogP contribution in [0.1, 0.15) is 0 Å². The van der Waals surface area contributed by atoms with Gasteiger partial charge in [-0.25, -0.2) is 13.6 Å². The quantitative estimate of drug-likeness (QED) is 0.636. The number of ether oxygens (including phenoxy) is 1. The minimum atomic E-state index is -3.04. The van der Waals surface area contributed by atoms with Gasteiger partial charge in [0.1, 0.15) is 5.75 Å². The minimum absolute atomic E-state index is 0.0162. The molecule has 3 amide bonds. The number of nitrogens with one attached hydrogen (secondary N) is 3. The largest absolute Gasteiger partial charge is 0.433 e. The van der Waals surface area contributed by atoms with Crippen molar-refractivity contribution in [3.8, 4) is 5.75 Å². The van der Waals surface area contributed by atoms with E-state index in [-0.39, 0.29) is 22.1 Å². The summed E-state index contributed by atoms with van der Waals surface area (Å²) in [7, 11) is 0. The molecule has 0 heterocycles. The van der Waals surface area contributed by atoms with Crippen molar-refractivity contribution in [2.24, 2.45) is 0 Å².